The molecule has 28 heavy (non-hydrogen) atoms. The first-order valence-electron chi connectivity index (χ1n) is 9.07. The Bertz CT molecular complexity index is 773. The number of alkyl halides is 3. The highest BCUT2D eigenvalue weighted by Crippen LogP contribution is 2.31. The van der Waals surface area contributed by atoms with Crippen molar-refractivity contribution in [3.63, 3.8) is 0 Å². The maximum Gasteiger partial charge on any atom is 0.416 e. The summed E-state index contributed by atoms with van der Waals surface area (Å²) in [4.78, 5) is 4.15. The fraction of sp³-hybridized carbons (Fsp3) is 0.474. The van der Waals surface area contributed by atoms with E-state index in [9.17, 15) is 13.2 Å². The molecule has 0 radical (unpaired) electrons. The Kier molecular flexibility index (Phi) is 7.71. The van der Waals surface area contributed by atoms with Gasteiger partial charge in [0.05, 0.1) is 18.3 Å². The van der Waals surface area contributed by atoms with Crippen molar-refractivity contribution >= 4 is 5.96 Å². The summed E-state index contributed by atoms with van der Waals surface area (Å²) >= 11 is 0. The normalized spacial score (nSPS) is 13.3. The second-order valence-corrected chi connectivity index (χ2v) is 6.33. The van der Waals surface area contributed by atoms with E-state index in [4.69, 9.17) is 4.74 Å². The fourth-order valence-corrected chi connectivity index (χ4v) is 2.56. The van der Waals surface area contributed by atoms with Crippen molar-refractivity contribution in [2.75, 3.05) is 20.1 Å². The number of hydrogen-bond acceptors (Lipinski definition) is 3. The van der Waals surface area contributed by atoms with Crippen LogP contribution in [-0.2, 0) is 19.6 Å². The lowest BCUT2D eigenvalue weighted by Gasteiger charge is -2.20. The van der Waals surface area contributed by atoms with Gasteiger partial charge in [-0.1, -0.05) is 13.0 Å². The van der Waals surface area contributed by atoms with Crippen LogP contribution in [0.3, 0.4) is 0 Å². The predicted molar refractivity (Wildman–Crippen MR) is 102 cm³/mol. The number of hydrogen-bond donors (Lipinski definition) is 2. The molecule has 1 unspecified atom stereocenters. The molecule has 0 bridgehead atoms. The molecule has 0 aliphatic carbocycles. The molecule has 0 fully saturated rings. The Morgan fingerprint density at radius 3 is 2.71 bits per heavy atom. The summed E-state index contributed by atoms with van der Waals surface area (Å²) in [5.41, 5.74) is 0.394. The molecule has 2 rings (SSSR count). The van der Waals surface area contributed by atoms with Crippen LogP contribution in [0.2, 0.25) is 0 Å². The molecule has 2 aromatic rings. The van der Waals surface area contributed by atoms with Crippen molar-refractivity contribution in [3.05, 3.63) is 47.8 Å². The van der Waals surface area contributed by atoms with Crippen LogP contribution >= 0.6 is 0 Å². The Balaban J connectivity index is 1.83. The average molecular weight is 397 g/mol. The predicted octanol–water partition coefficient (Wildman–Crippen LogP) is 3.00. The van der Waals surface area contributed by atoms with E-state index >= 15 is 0 Å². The maximum atomic E-state index is 12.8. The van der Waals surface area contributed by atoms with Crippen LogP contribution < -0.4 is 15.4 Å². The minimum Gasteiger partial charge on any atom is -0.489 e. The summed E-state index contributed by atoms with van der Waals surface area (Å²) in [5.74, 6) is 0.804. The van der Waals surface area contributed by atoms with Crippen LogP contribution in [0.25, 0.3) is 0 Å². The number of guanidine groups is 1. The van der Waals surface area contributed by atoms with Crippen LogP contribution in [0.1, 0.15) is 24.5 Å². The Morgan fingerprint density at radius 2 is 2.11 bits per heavy atom. The third-order valence-corrected chi connectivity index (χ3v) is 4.10. The molecule has 0 aliphatic heterocycles. The highest BCUT2D eigenvalue weighted by atomic mass is 19.4. The van der Waals surface area contributed by atoms with Gasteiger partial charge in [-0.15, -0.1) is 0 Å². The molecule has 1 aromatic carbocycles. The monoisotopic (exact) mass is 397 g/mol. The zero-order chi connectivity index (χ0) is 20.6. The standard InChI is InChI=1S/C19H26F3N5O/c1-4-16(28-17-7-5-6-15(10-17)19(20,21)22)12-25-18(23-2)24-9-8-14-11-26-27(3)13-14/h5-7,10-11,13,16H,4,8-9,12H2,1-3H3,(H2,23,24,25). The lowest BCUT2D eigenvalue weighted by Crippen LogP contribution is -2.43. The second kappa shape index (κ2) is 10.0. The van der Waals surface area contributed by atoms with Gasteiger partial charge in [-0.2, -0.15) is 18.3 Å². The summed E-state index contributed by atoms with van der Waals surface area (Å²) in [5, 5.41) is 10.5. The van der Waals surface area contributed by atoms with E-state index < -0.39 is 11.7 Å². The summed E-state index contributed by atoms with van der Waals surface area (Å²) in [6.07, 6.45) is 0.518. The van der Waals surface area contributed by atoms with Gasteiger partial charge in [0, 0.05) is 26.8 Å². The lowest BCUT2D eigenvalue weighted by molar-refractivity contribution is -0.137. The van der Waals surface area contributed by atoms with E-state index in [0.29, 0.717) is 25.5 Å². The third-order valence-electron chi connectivity index (χ3n) is 4.10. The van der Waals surface area contributed by atoms with Crippen molar-refractivity contribution in [2.24, 2.45) is 12.0 Å². The molecule has 0 spiro atoms. The largest absolute Gasteiger partial charge is 0.489 e. The van der Waals surface area contributed by atoms with E-state index in [0.717, 1.165) is 24.1 Å². The van der Waals surface area contributed by atoms with Crippen molar-refractivity contribution < 1.29 is 17.9 Å². The number of ether oxygens (including phenoxy) is 1. The maximum absolute atomic E-state index is 12.8. The first-order valence-corrected chi connectivity index (χ1v) is 9.07. The Labute approximate surface area is 162 Å². The minimum absolute atomic E-state index is 0.197. The second-order valence-electron chi connectivity index (χ2n) is 6.33. The molecule has 0 aliphatic rings. The molecule has 1 aromatic heterocycles. The van der Waals surface area contributed by atoms with Crippen LogP contribution in [0, 0.1) is 0 Å². The summed E-state index contributed by atoms with van der Waals surface area (Å²) in [6, 6.07) is 4.92. The zero-order valence-electron chi connectivity index (χ0n) is 16.3. The van der Waals surface area contributed by atoms with Gasteiger partial charge >= 0.3 is 6.18 Å². The molecule has 0 saturated heterocycles. The summed E-state index contributed by atoms with van der Waals surface area (Å²) in [7, 11) is 3.53. The quantitative estimate of drug-likeness (QED) is 0.531. The Hall–Kier alpha value is -2.71. The van der Waals surface area contributed by atoms with Crippen LogP contribution in [0.4, 0.5) is 13.2 Å². The van der Waals surface area contributed by atoms with Gasteiger partial charge in [0.25, 0.3) is 0 Å². The van der Waals surface area contributed by atoms with Crippen molar-refractivity contribution in [1.82, 2.24) is 20.4 Å². The van der Waals surface area contributed by atoms with E-state index in [1.807, 2.05) is 26.4 Å². The molecule has 154 valence electrons. The van der Waals surface area contributed by atoms with Gasteiger partial charge in [-0.05, 0) is 36.6 Å². The third kappa shape index (κ3) is 6.79. The molecule has 1 atom stereocenters. The van der Waals surface area contributed by atoms with Gasteiger partial charge < -0.3 is 15.4 Å². The molecule has 1 heterocycles. The smallest absolute Gasteiger partial charge is 0.416 e. The fourth-order valence-electron chi connectivity index (χ4n) is 2.56. The lowest BCUT2D eigenvalue weighted by atomic mass is 10.2. The molecule has 2 N–H and O–H groups in total. The molecular formula is C19H26F3N5O. The first kappa shape index (κ1) is 21.6. The number of aromatic nitrogens is 2. The number of nitrogens with one attached hydrogen (secondary N) is 2. The zero-order valence-corrected chi connectivity index (χ0v) is 16.3. The Morgan fingerprint density at radius 1 is 1.32 bits per heavy atom. The molecular weight excluding hydrogens is 371 g/mol. The van der Waals surface area contributed by atoms with Gasteiger partial charge in [0.15, 0.2) is 5.96 Å². The number of aliphatic imine (C=N–C) groups is 1. The van der Waals surface area contributed by atoms with Crippen molar-refractivity contribution in [2.45, 2.75) is 32.0 Å². The average Bonchev–Trinajstić information content (AvgIpc) is 3.08. The molecule has 0 amide bonds. The highest BCUT2D eigenvalue weighted by molar-refractivity contribution is 5.79. The van der Waals surface area contributed by atoms with Crippen LogP contribution in [-0.4, -0.2) is 42.0 Å². The van der Waals surface area contributed by atoms with E-state index in [1.165, 1.54) is 12.1 Å². The van der Waals surface area contributed by atoms with Crippen molar-refractivity contribution in [3.8, 4) is 5.75 Å². The highest BCUT2D eigenvalue weighted by Gasteiger charge is 2.30. The summed E-state index contributed by atoms with van der Waals surface area (Å²) in [6.45, 7) is 3.01. The van der Waals surface area contributed by atoms with Crippen LogP contribution in [0.15, 0.2) is 41.7 Å². The van der Waals surface area contributed by atoms with Gasteiger partial charge in [0.1, 0.15) is 11.9 Å². The van der Waals surface area contributed by atoms with Gasteiger partial charge in [-0.3, -0.25) is 9.67 Å². The van der Waals surface area contributed by atoms with E-state index in [1.54, 1.807) is 11.7 Å². The number of nitrogens with zero attached hydrogens (tertiary/aromatic N) is 3. The number of rotatable bonds is 8. The van der Waals surface area contributed by atoms with E-state index in [-0.39, 0.29) is 11.9 Å². The topological polar surface area (TPSA) is 63.5 Å². The van der Waals surface area contributed by atoms with Crippen molar-refractivity contribution in [1.29, 1.82) is 0 Å². The first-order chi connectivity index (χ1) is 13.3. The SMILES string of the molecule is CCC(CNC(=NC)NCCc1cnn(C)c1)Oc1cccc(C(F)(F)F)c1. The number of benzene rings is 1. The number of aryl methyl sites for hydroxylation is 1. The molecule has 9 heteroatoms. The van der Waals surface area contributed by atoms with Gasteiger partial charge in [0.2, 0.25) is 0 Å². The van der Waals surface area contributed by atoms with E-state index in [2.05, 4.69) is 20.7 Å². The molecule has 0 saturated carbocycles. The minimum atomic E-state index is -4.39. The van der Waals surface area contributed by atoms with Gasteiger partial charge in [-0.25, -0.2) is 0 Å². The summed E-state index contributed by atoms with van der Waals surface area (Å²) < 4.78 is 46.0. The van der Waals surface area contributed by atoms with Crippen LogP contribution in [0.5, 0.6) is 5.75 Å². The molecule has 6 nitrogen and oxygen atoms in total. The number of halogens is 3.